The van der Waals surface area contributed by atoms with Gasteiger partial charge in [-0.1, -0.05) is 139 Å². The third kappa shape index (κ3) is 10.9. The lowest BCUT2D eigenvalue weighted by Gasteiger charge is -2.32. The number of aryl methyl sites for hydroxylation is 1. The fourth-order valence-corrected chi connectivity index (χ4v) is 8.10. The van der Waals surface area contributed by atoms with Crippen molar-refractivity contribution in [3.63, 3.8) is 0 Å². The molecule has 5 heteroatoms. The summed E-state index contributed by atoms with van der Waals surface area (Å²) in [5.41, 5.74) is 4.19. The van der Waals surface area contributed by atoms with Gasteiger partial charge in [0.15, 0.2) is 0 Å². The lowest BCUT2D eigenvalue weighted by molar-refractivity contribution is 0.281. The number of fused-ring (bicyclic) bond motifs is 4. The second-order valence-corrected chi connectivity index (χ2v) is 14.9. The third-order valence-electron chi connectivity index (χ3n) is 11.1. The van der Waals surface area contributed by atoms with E-state index in [2.05, 4.69) is 47.1 Å². The minimum Gasteiger partial charge on any atom is -0.367 e. The first-order chi connectivity index (χ1) is 23.1. The zero-order chi connectivity index (χ0) is 32.7. The van der Waals surface area contributed by atoms with Crippen LogP contribution in [0.25, 0.3) is 22.3 Å². The van der Waals surface area contributed by atoms with Crippen LogP contribution < -0.4 is 10.5 Å². The maximum absolute atomic E-state index is 13.7. The molecule has 2 unspecified atom stereocenters. The lowest BCUT2D eigenvalue weighted by Crippen LogP contribution is -2.37. The summed E-state index contributed by atoms with van der Waals surface area (Å²) in [7, 11) is 1.86. The van der Waals surface area contributed by atoms with Crippen LogP contribution in [0.15, 0.2) is 47.3 Å². The Balaban J connectivity index is 1.27. The molecule has 0 amide bonds. The molecular formula is C42H64N4O. The van der Waals surface area contributed by atoms with Gasteiger partial charge in [-0.25, -0.2) is 4.98 Å². The van der Waals surface area contributed by atoms with Crippen molar-refractivity contribution in [1.82, 2.24) is 14.5 Å². The molecule has 2 saturated heterocycles. The van der Waals surface area contributed by atoms with Crippen LogP contribution in [0.1, 0.15) is 140 Å². The summed E-state index contributed by atoms with van der Waals surface area (Å²) in [6, 6.07) is 15.3. The van der Waals surface area contributed by atoms with Gasteiger partial charge in [0.1, 0.15) is 5.82 Å². The van der Waals surface area contributed by atoms with E-state index in [0.717, 1.165) is 35.4 Å². The smallest absolute Gasteiger partial charge is 0.261 e. The zero-order valence-electron chi connectivity index (χ0n) is 30.0. The van der Waals surface area contributed by atoms with E-state index in [1.807, 2.05) is 19.2 Å². The minimum atomic E-state index is 0.0403. The van der Waals surface area contributed by atoms with Gasteiger partial charge in [-0.05, 0) is 57.0 Å². The first kappa shape index (κ1) is 35.6. The second-order valence-electron chi connectivity index (χ2n) is 14.9. The summed E-state index contributed by atoms with van der Waals surface area (Å²) in [6.07, 6.45) is 29.2. The van der Waals surface area contributed by atoms with Crippen molar-refractivity contribution in [2.24, 2.45) is 7.05 Å². The van der Waals surface area contributed by atoms with Crippen LogP contribution in [0.2, 0.25) is 0 Å². The average Bonchev–Trinajstić information content (AvgIpc) is 3.28. The Morgan fingerprint density at radius 3 is 1.83 bits per heavy atom. The summed E-state index contributed by atoms with van der Waals surface area (Å²) >= 11 is 0. The summed E-state index contributed by atoms with van der Waals surface area (Å²) in [6.45, 7) is 6.64. The molecule has 2 atom stereocenters. The largest absolute Gasteiger partial charge is 0.367 e. The molecule has 5 rings (SSSR count). The Hall–Kier alpha value is -2.66. The second kappa shape index (κ2) is 19.4. The molecule has 2 fully saturated rings. The fraction of sp³-hybridized carbons (Fsp3) is 0.667. The van der Waals surface area contributed by atoms with Gasteiger partial charge >= 0.3 is 0 Å². The number of rotatable bonds is 2. The van der Waals surface area contributed by atoms with E-state index in [9.17, 15) is 4.79 Å². The number of hydrogen-bond acceptors (Lipinski definition) is 4. The molecule has 2 aromatic carbocycles. The van der Waals surface area contributed by atoms with Gasteiger partial charge in [0.2, 0.25) is 0 Å². The molecule has 0 saturated carbocycles. The number of hydrogen-bond donors (Lipinski definition) is 0. The first-order valence-corrected chi connectivity index (χ1v) is 19.7. The lowest BCUT2D eigenvalue weighted by atomic mass is 10.0. The summed E-state index contributed by atoms with van der Waals surface area (Å²) in [5.74, 6) is 0.733. The highest BCUT2D eigenvalue weighted by Gasteiger charge is 2.25. The third-order valence-corrected chi connectivity index (χ3v) is 11.1. The Morgan fingerprint density at radius 2 is 1.21 bits per heavy atom. The zero-order valence-corrected chi connectivity index (χ0v) is 30.0. The molecule has 3 heterocycles. The Labute approximate surface area is 286 Å². The van der Waals surface area contributed by atoms with E-state index in [1.54, 1.807) is 4.57 Å². The Kier molecular flexibility index (Phi) is 14.7. The standard InChI is InChI=1S/C42H64N4O/c1-35-23-22-24-36(33-35)41-43-40-27-26-38(34-39(40)42(47)44(41)2)46-32-31-45-29-21-19-17-15-13-11-9-7-5-3-4-6-8-10-12-14-16-18-20-25-37(46)28-30-45/h22-24,26-27,33-34,37H,3-21,25,28-32H2,1-2H3. The van der Waals surface area contributed by atoms with Gasteiger partial charge in [0.05, 0.1) is 10.9 Å². The Bertz CT molecular complexity index is 1410. The van der Waals surface area contributed by atoms with E-state index in [1.165, 1.54) is 159 Å². The van der Waals surface area contributed by atoms with Gasteiger partial charge in [0.25, 0.3) is 5.56 Å². The van der Waals surface area contributed by atoms with Gasteiger partial charge in [-0.15, -0.1) is 0 Å². The monoisotopic (exact) mass is 641 g/mol. The molecule has 3 aromatic rings. The molecule has 0 spiro atoms. The normalized spacial score (nSPS) is 22.7. The van der Waals surface area contributed by atoms with Crippen LogP contribution in [-0.2, 0) is 7.05 Å². The predicted molar refractivity (Wildman–Crippen MR) is 202 cm³/mol. The summed E-state index contributed by atoms with van der Waals surface area (Å²) in [4.78, 5) is 24.1. The van der Waals surface area contributed by atoms with E-state index in [0.29, 0.717) is 6.04 Å². The molecule has 5 nitrogen and oxygen atoms in total. The van der Waals surface area contributed by atoms with Crippen LogP contribution in [0.3, 0.4) is 0 Å². The average molecular weight is 641 g/mol. The van der Waals surface area contributed by atoms with E-state index in [-0.39, 0.29) is 5.56 Å². The molecule has 2 aliphatic heterocycles. The highest BCUT2D eigenvalue weighted by molar-refractivity contribution is 5.83. The van der Waals surface area contributed by atoms with Crippen molar-refractivity contribution >= 4 is 16.6 Å². The van der Waals surface area contributed by atoms with Crippen LogP contribution in [0.5, 0.6) is 0 Å². The number of anilines is 1. The maximum atomic E-state index is 13.7. The van der Waals surface area contributed by atoms with Gasteiger partial charge in [0, 0.05) is 44.0 Å². The number of benzene rings is 2. The predicted octanol–water partition coefficient (Wildman–Crippen LogP) is 10.6. The molecule has 47 heavy (non-hydrogen) atoms. The number of nitrogens with zero attached hydrogens (tertiary/aromatic N) is 4. The van der Waals surface area contributed by atoms with Crippen LogP contribution >= 0.6 is 0 Å². The SMILES string of the molecule is Cc1cccc(-c2nc3ccc(N4CCN5CCCCCCCCCCCCCCCCCCCCCC4CC5)cc3c(=O)n2C)c1. The summed E-state index contributed by atoms with van der Waals surface area (Å²) < 4.78 is 1.73. The van der Waals surface area contributed by atoms with Crippen molar-refractivity contribution < 1.29 is 0 Å². The molecule has 258 valence electrons. The molecule has 2 bridgehead atoms. The van der Waals surface area contributed by atoms with Gasteiger partial charge in [-0.3, -0.25) is 9.36 Å². The maximum Gasteiger partial charge on any atom is 0.261 e. The minimum absolute atomic E-state index is 0.0403. The topological polar surface area (TPSA) is 41.4 Å². The van der Waals surface area contributed by atoms with Crippen molar-refractivity contribution in [3.05, 3.63) is 58.4 Å². The quantitative estimate of drug-likeness (QED) is 0.279. The van der Waals surface area contributed by atoms with Crippen molar-refractivity contribution in [2.75, 3.05) is 31.1 Å². The fourth-order valence-electron chi connectivity index (χ4n) is 8.10. The van der Waals surface area contributed by atoms with E-state index in [4.69, 9.17) is 4.98 Å². The van der Waals surface area contributed by atoms with Crippen molar-refractivity contribution in [1.29, 1.82) is 0 Å². The van der Waals surface area contributed by atoms with Gasteiger partial charge in [-0.2, -0.15) is 0 Å². The first-order valence-electron chi connectivity index (χ1n) is 19.7. The van der Waals surface area contributed by atoms with Crippen molar-refractivity contribution in [2.45, 2.75) is 148 Å². The highest BCUT2D eigenvalue weighted by atomic mass is 16.1. The molecular weight excluding hydrogens is 576 g/mol. The van der Waals surface area contributed by atoms with Crippen molar-refractivity contribution in [3.8, 4) is 11.4 Å². The molecule has 0 aliphatic carbocycles. The van der Waals surface area contributed by atoms with Crippen LogP contribution in [0.4, 0.5) is 5.69 Å². The molecule has 0 radical (unpaired) electrons. The highest BCUT2D eigenvalue weighted by Crippen LogP contribution is 2.28. The van der Waals surface area contributed by atoms with Crippen LogP contribution in [0, 0.1) is 6.92 Å². The van der Waals surface area contributed by atoms with E-state index < -0.39 is 0 Å². The van der Waals surface area contributed by atoms with E-state index >= 15 is 0 Å². The number of aromatic nitrogens is 2. The molecule has 1 aromatic heterocycles. The van der Waals surface area contributed by atoms with Crippen LogP contribution in [-0.4, -0.2) is 46.7 Å². The Morgan fingerprint density at radius 1 is 0.617 bits per heavy atom. The molecule has 2 aliphatic rings. The summed E-state index contributed by atoms with van der Waals surface area (Å²) in [5, 5.41) is 0.729. The van der Waals surface area contributed by atoms with Gasteiger partial charge < -0.3 is 9.80 Å². The molecule has 0 N–H and O–H groups in total.